The summed E-state index contributed by atoms with van der Waals surface area (Å²) < 4.78 is 19.6. The predicted octanol–water partition coefficient (Wildman–Crippen LogP) is 5.40. The van der Waals surface area contributed by atoms with Crippen molar-refractivity contribution >= 4 is 34.6 Å². The molecule has 0 aliphatic heterocycles. The van der Waals surface area contributed by atoms with Crippen LogP contribution >= 0.6 is 12.2 Å². The molecule has 1 amide bonds. The van der Waals surface area contributed by atoms with Gasteiger partial charge < -0.3 is 20.7 Å². The van der Waals surface area contributed by atoms with Gasteiger partial charge in [-0.3, -0.25) is 4.79 Å². The highest BCUT2D eigenvalue weighted by Gasteiger charge is 2.15. The molecule has 1 unspecified atom stereocenters. The van der Waals surface area contributed by atoms with E-state index in [0.29, 0.717) is 34.4 Å². The first-order valence-corrected chi connectivity index (χ1v) is 10.7. The van der Waals surface area contributed by atoms with Gasteiger partial charge in [-0.2, -0.15) is 5.26 Å². The molecule has 0 fully saturated rings. The van der Waals surface area contributed by atoms with Gasteiger partial charge in [0.25, 0.3) is 5.91 Å². The number of carbonyl (C=O) groups is 1. The van der Waals surface area contributed by atoms with E-state index >= 15 is 0 Å². The summed E-state index contributed by atoms with van der Waals surface area (Å²) in [4.78, 5) is 12.5. The van der Waals surface area contributed by atoms with Gasteiger partial charge in [0.15, 0.2) is 5.11 Å². The summed E-state index contributed by atoms with van der Waals surface area (Å²) in [6, 6.07) is 20.2. The van der Waals surface area contributed by atoms with Gasteiger partial charge in [0.2, 0.25) is 0 Å². The number of thiocarbonyl (C=S) groups is 1. The molecule has 0 spiro atoms. The third-order valence-electron chi connectivity index (χ3n) is 4.79. The summed E-state index contributed by atoms with van der Waals surface area (Å²) in [6.07, 6.45) is 0. The second kappa shape index (κ2) is 11.1. The van der Waals surface area contributed by atoms with Crippen molar-refractivity contribution in [3.63, 3.8) is 0 Å². The lowest BCUT2D eigenvalue weighted by Gasteiger charge is -2.19. The number of hydrogen-bond acceptors (Lipinski definition) is 4. The molecule has 0 saturated heterocycles. The van der Waals surface area contributed by atoms with Gasteiger partial charge in [-0.1, -0.05) is 24.3 Å². The van der Waals surface area contributed by atoms with Crippen LogP contribution in [0.2, 0.25) is 0 Å². The molecule has 3 aromatic carbocycles. The highest BCUT2D eigenvalue weighted by molar-refractivity contribution is 7.80. The number of rotatable bonds is 7. The average Bonchev–Trinajstić information content (AvgIpc) is 2.81. The fourth-order valence-corrected chi connectivity index (χ4v) is 3.40. The first-order chi connectivity index (χ1) is 15.9. The van der Waals surface area contributed by atoms with Crippen molar-refractivity contribution in [1.29, 1.82) is 5.26 Å². The van der Waals surface area contributed by atoms with E-state index in [4.69, 9.17) is 22.2 Å². The van der Waals surface area contributed by atoms with E-state index in [1.165, 1.54) is 18.2 Å². The predicted molar refractivity (Wildman–Crippen MR) is 131 cm³/mol. The minimum atomic E-state index is -0.598. The molecule has 6 nitrogen and oxygen atoms in total. The van der Waals surface area contributed by atoms with Crippen LogP contribution in [-0.2, 0) is 0 Å². The molecule has 168 valence electrons. The highest BCUT2D eigenvalue weighted by Crippen LogP contribution is 2.29. The Kier molecular flexibility index (Phi) is 7.95. The molecule has 33 heavy (non-hydrogen) atoms. The van der Waals surface area contributed by atoms with Crippen LogP contribution in [0.25, 0.3) is 0 Å². The number of hydrogen-bond donors (Lipinski definition) is 3. The monoisotopic (exact) mass is 462 g/mol. The quantitative estimate of drug-likeness (QED) is 0.408. The molecule has 0 bridgehead atoms. The van der Waals surface area contributed by atoms with Crippen molar-refractivity contribution < 1.29 is 13.9 Å². The van der Waals surface area contributed by atoms with Crippen LogP contribution in [0.15, 0.2) is 66.7 Å². The highest BCUT2D eigenvalue weighted by atomic mass is 32.1. The van der Waals surface area contributed by atoms with Crippen LogP contribution in [0.3, 0.4) is 0 Å². The van der Waals surface area contributed by atoms with E-state index < -0.39 is 11.7 Å². The van der Waals surface area contributed by atoms with E-state index in [9.17, 15) is 9.18 Å². The zero-order chi connectivity index (χ0) is 23.8. The Hall–Kier alpha value is -3.96. The molecule has 0 saturated carbocycles. The SMILES string of the molecule is CCOc1cc(NC(=S)NC(C)c2ccc(C#N)cc2)ccc1NC(=O)c1ccccc1F. The molecule has 0 aliphatic rings. The molecular formula is C25H23FN4O2S. The molecule has 1 atom stereocenters. The van der Waals surface area contributed by atoms with Crippen molar-refractivity contribution in [2.24, 2.45) is 0 Å². The number of nitriles is 1. The maximum Gasteiger partial charge on any atom is 0.258 e. The van der Waals surface area contributed by atoms with Crippen LogP contribution in [0.5, 0.6) is 5.75 Å². The van der Waals surface area contributed by atoms with Gasteiger partial charge in [0.05, 0.1) is 35.5 Å². The Morgan fingerprint density at radius 2 is 1.85 bits per heavy atom. The second-order valence-electron chi connectivity index (χ2n) is 7.13. The molecule has 0 aromatic heterocycles. The van der Waals surface area contributed by atoms with Gasteiger partial charge in [0.1, 0.15) is 11.6 Å². The fraction of sp³-hybridized carbons (Fsp3) is 0.160. The molecule has 0 radical (unpaired) electrons. The Labute approximate surface area is 197 Å². The van der Waals surface area contributed by atoms with E-state index in [2.05, 4.69) is 22.0 Å². The van der Waals surface area contributed by atoms with Gasteiger partial charge in [-0.25, -0.2) is 4.39 Å². The summed E-state index contributed by atoms with van der Waals surface area (Å²) in [5.41, 5.74) is 2.60. The summed E-state index contributed by atoms with van der Waals surface area (Å²) in [5, 5.41) is 18.3. The maximum absolute atomic E-state index is 13.9. The number of benzene rings is 3. The zero-order valence-electron chi connectivity index (χ0n) is 18.2. The lowest BCUT2D eigenvalue weighted by Crippen LogP contribution is -2.30. The molecule has 3 rings (SSSR count). The number of ether oxygens (including phenoxy) is 1. The molecular weight excluding hydrogens is 439 g/mol. The van der Waals surface area contributed by atoms with E-state index in [1.807, 2.05) is 26.0 Å². The Morgan fingerprint density at radius 1 is 1.12 bits per heavy atom. The second-order valence-corrected chi connectivity index (χ2v) is 7.54. The van der Waals surface area contributed by atoms with Gasteiger partial charge in [0, 0.05) is 11.8 Å². The largest absolute Gasteiger partial charge is 0.492 e. The van der Waals surface area contributed by atoms with E-state index in [-0.39, 0.29) is 11.6 Å². The number of halogens is 1. The first-order valence-electron chi connectivity index (χ1n) is 10.3. The van der Waals surface area contributed by atoms with Crippen molar-refractivity contribution in [2.45, 2.75) is 19.9 Å². The normalized spacial score (nSPS) is 11.1. The summed E-state index contributed by atoms with van der Waals surface area (Å²) in [5.74, 6) is -0.739. The Bertz CT molecular complexity index is 1190. The third-order valence-corrected chi connectivity index (χ3v) is 5.01. The molecule has 3 aromatic rings. The first kappa shape index (κ1) is 23.7. The van der Waals surface area contributed by atoms with Crippen LogP contribution in [-0.4, -0.2) is 17.6 Å². The number of amides is 1. The average molecular weight is 463 g/mol. The standard InChI is InChI=1S/C25H23FN4O2S/c1-3-32-23-14-19(12-13-22(23)30-24(31)20-6-4-5-7-21(20)26)29-25(33)28-16(2)18-10-8-17(15-27)9-11-18/h4-14,16H,3H2,1-2H3,(H,30,31)(H2,28,29,33). The Morgan fingerprint density at radius 3 is 2.52 bits per heavy atom. The van der Waals surface area contributed by atoms with Gasteiger partial charge in [-0.05, 0) is 68.0 Å². The van der Waals surface area contributed by atoms with Crippen molar-refractivity contribution in [1.82, 2.24) is 5.32 Å². The van der Waals surface area contributed by atoms with Gasteiger partial charge >= 0.3 is 0 Å². The zero-order valence-corrected chi connectivity index (χ0v) is 19.0. The van der Waals surface area contributed by atoms with Crippen LogP contribution in [0.1, 0.15) is 41.4 Å². The molecule has 0 aliphatic carbocycles. The van der Waals surface area contributed by atoms with Crippen LogP contribution in [0.4, 0.5) is 15.8 Å². The minimum Gasteiger partial charge on any atom is -0.492 e. The number of nitrogens with one attached hydrogen (secondary N) is 3. The molecule has 0 heterocycles. The van der Waals surface area contributed by atoms with Crippen molar-refractivity contribution in [3.8, 4) is 11.8 Å². The van der Waals surface area contributed by atoms with Crippen LogP contribution < -0.4 is 20.7 Å². The smallest absolute Gasteiger partial charge is 0.258 e. The lowest BCUT2D eigenvalue weighted by atomic mass is 10.1. The summed E-state index contributed by atoms with van der Waals surface area (Å²) in [7, 11) is 0. The molecule has 8 heteroatoms. The third kappa shape index (κ3) is 6.28. The molecule has 3 N–H and O–H groups in total. The maximum atomic E-state index is 13.9. The fourth-order valence-electron chi connectivity index (χ4n) is 3.11. The van der Waals surface area contributed by atoms with Crippen molar-refractivity contribution in [3.05, 3.63) is 89.2 Å². The van der Waals surface area contributed by atoms with Crippen molar-refractivity contribution in [2.75, 3.05) is 17.2 Å². The number of anilines is 2. The van der Waals surface area contributed by atoms with E-state index in [1.54, 1.807) is 36.4 Å². The lowest BCUT2D eigenvalue weighted by molar-refractivity contribution is 0.102. The number of carbonyl (C=O) groups excluding carboxylic acids is 1. The Balaban J connectivity index is 1.69. The summed E-state index contributed by atoms with van der Waals surface area (Å²) in [6.45, 7) is 4.17. The van der Waals surface area contributed by atoms with E-state index in [0.717, 1.165) is 5.56 Å². The van der Waals surface area contributed by atoms with Gasteiger partial charge in [-0.15, -0.1) is 0 Å². The number of nitrogens with zero attached hydrogens (tertiary/aromatic N) is 1. The minimum absolute atomic E-state index is 0.0516. The van der Waals surface area contributed by atoms with Crippen LogP contribution in [0, 0.1) is 17.1 Å². The summed E-state index contributed by atoms with van der Waals surface area (Å²) >= 11 is 5.42. The topological polar surface area (TPSA) is 86.2 Å².